The van der Waals surface area contributed by atoms with Crippen LogP contribution in [0.25, 0.3) is 0 Å². The SMILES string of the molecule is Oc1c(C2=NC=COC2)ccc2c1CC2. The zero-order valence-corrected chi connectivity index (χ0v) is 8.23. The summed E-state index contributed by atoms with van der Waals surface area (Å²) in [6, 6.07) is 3.99. The van der Waals surface area contributed by atoms with E-state index in [2.05, 4.69) is 11.1 Å². The van der Waals surface area contributed by atoms with E-state index < -0.39 is 0 Å². The molecule has 1 N–H and O–H groups in total. The third-order valence-electron chi connectivity index (χ3n) is 2.94. The van der Waals surface area contributed by atoms with E-state index in [4.69, 9.17) is 4.74 Å². The molecule has 3 rings (SSSR count). The van der Waals surface area contributed by atoms with Gasteiger partial charge in [0.15, 0.2) is 0 Å². The van der Waals surface area contributed by atoms with Crippen molar-refractivity contribution in [1.29, 1.82) is 0 Å². The molecule has 1 aromatic rings. The van der Waals surface area contributed by atoms with Gasteiger partial charge in [-0.25, -0.2) is 0 Å². The molecule has 3 heteroatoms. The molecule has 76 valence electrons. The molecule has 0 atom stereocenters. The lowest BCUT2D eigenvalue weighted by molar-refractivity contribution is 0.297. The lowest BCUT2D eigenvalue weighted by atomic mass is 9.85. The second-order valence-electron chi connectivity index (χ2n) is 3.77. The zero-order chi connectivity index (χ0) is 10.3. The van der Waals surface area contributed by atoms with E-state index in [1.807, 2.05) is 6.07 Å². The fourth-order valence-electron chi connectivity index (χ4n) is 1.98. The van der Waals surface area contributed by atoms with Gasteiger partial charge in [0.1, 0.15) is 18.6 Å². The number of ether oxygens (including phenoxy) is 1. The van der Waals surface area contributed by atoms with E-state index >= 15 is 0 Å². The van der Waals surface area contributed by atoms with Crippen molar-refractivity contribution in [3.8, 4) is 5.75 Å². The van der Waals surface area contributed by atoms with Gasteiger partial charge < -0.3 is 9.84 Å². The summed E-state index contributed by atoms with van der Waals surface area (Å²) in [7, 11) is 0. The maximum atomic E-state index is 10.0. The first-order chi connectivity index (χ1) is 7.36. The highest BCUT2D eigenvalue weighted by Gasteiger charge is 2.21. The monoisotopic (exact) mass is 201 g/mol. The Morgan fingerprint density at radius 2 is 2.20 bits per heavy atom. The highest BCUT2D eigenvalue weighted by Crippen LogP contribution is 2.34. The average Bonchev–Trinajstić information content (AvgIpc) is 2.22. The summed E-state index contributed by atoms with van der Waals surface area (Å²) in [5.74, 6) is 0.386. The van der Waals surface area contributed by atoms with Crippen LogP contribution in [-0.4, -0.2) is 17.4 Å². The van der Waals surface area contributed by atoms with Crippen molar-refractivity contribution in [3.05, 3.63) is 41.3 Å². The van der Waals surface area contributed by atoms with Crippen LogP contribution in [0.1, 0.15) is 16.7 Å². The van der Waals surface area contributed by atoms with Crippen LogP contribution in [0.5, 0.6) is 5.75 Å². The molecule has 0 radical (unpaired) electrons. The summed E-state index contributed by atoms with van der Waals surface area (Å²) >= 11 is 0. The number of aryl methyl sites for hydroxylation is 1. The molecule has 2 aliphatic rings. The van der Waals surface area contributed by atoms with Crippen LogP contribution in [0.4, 0.5) is 0 Å². The molecule has 0 unspecified atom stereocenters. The van der Waals surface area contributed by atoms with Gasteiger partial charge in [0.2, 0.25) is 0 Å². The third kappa shape index (κ3) is 1.23. The fourth-order valence-corrected chi connectivity index (χ4v) is 1.98. The summed E-state index contributed by atoms with van der Waals surface area (Å²) in [5, 5.41) is 10.0. The first-order valence-electron chi connectivity index (χ1n) is 5.03. The molecule has 1 heterocycles. The quantitative estimate of drug-likeness (QED) is 0.752. The molecule has 1 aliphatic heterocycles. The Morgan fingerprint density at radius 1 is 1.27 bits per heavy atom. The van der Waals surface area contributed by atoms with Crippen molar-refractivity contribution < 1.29 is 9.84 Å². The minimum absolute atomic E-state index is 0.386. The Balaban J connectivity index is 2.08. The first-order valence-corrected chi connectivity index (χ1v) is 5.03. The number of aromatic hydroxyl groups is 1. The van der Waals surface area contributed by atoms with Crippen LogP contribution in [0.2, 0.25) is 0 Å². The molecule has 1 aliphatic carbocycles. The van der Waals surface area contributed by atoms with Crippen molar-refractivity contribution >= 4 is 5.71 Å². The van der Waals surface area contributed by atoms with Crippen LogP contribution in [0, 0.1) is 0 Å². The van der Waals surface area contributed by atoms with E-state index in [-0.39, 0.29) is 0 Å². The Morgan fingerprint density at radius 3 is 2.87 bits per heavy atom. The van der Waals surface area contributed by atoms with E-state index in [0.29, 0.717) is 12.4 Å². The lowest BCUT2D eigenvalue weighted by Crippen LogP contribution is -2.15. The van der Waals surface area contributed by atoms with Gasteiger partial charge >= 0.3 is 0 Å². The number of benzene rings is 1. The maximum Gasteiger partial charge on any atom is 0.130 e. The Kier molecular flexibility index (Phi) is 1.78. The second kappa shape index (κ2) is 3.12. The van der Waals surface area contributed by atoms with Gasteiger partial charge in [0.05, 0.1) is 11.9 Å². The van der Waals surface area contributed by atoms with Crippen molar-refractivity contribution in [3.63, 3.8) is 0 Å². The molecule has 3 nitrogen and oxygen atoms in total. The largest absolute Gasteiger partial charge is 0.507 e. The molecule has 0 spiro atoms. The van der Waals surface area contributed by atoms with E-state index in [9.17, 15) is 5.11 Å². The molecule has 0 aromatic heterocycles. The predicted octanol–water partition coefficient (Wildman–Crippen LogP) is 1.78. The van der Waals surface area contributed by atoms with Gasteiger partial charge in [0.25, 0.3) is 0 Å². The van der Waals surface area contributed by atoms with E-state index in [0.717, 1.165) is 29.7 Å². The second-order valence-corrected chi connectivity index (χ2v) is 3.77. The van der Waals surface area contributed by atoms with Crippen LogP contribution < -0.4 is 0 Å². The first kappa shape index (κ1) is 8.53. The number of nitrogens with zero attached hydrogens (tertiary/aromatic N) is 1. The minimum Gasteiger partial charge on any atom is -0.507 e. The number of hydrogen-bond acceptors (Lipinski definition) is 3. The van der Waals surface area contributed by atoms with Crippen molar-refractivity contribution in [2.24, 2.45) is 4.99 Å². The number of fused-ring (bicyclic) bond motifs is 1. The van der Waals surface area contributed by atoms with E-state index in [1.165, 1.54) is 5.56 Å². The van der Waals surface area contributed by atoms with Crippen LogP contribution in [-0.2, 0) is 17.6 Å². The molecule has 0 fully saturated rings. The summed E-state index contributed by atoms with van der Waals surface area (Å²) in [6.07, 6.45) is 5.21. The Hall–Kier alpha value is -1.77. The number of hydrogen-bond donors (Lipinski definition) is 1. The van der Waals surface area contributed by atoms with Gasteiger partial charge in [-0.1, -0.05) is 6.07 Å². The fraction of sp³-hybridized carbons (Fsp3) is 0.250. The van der Waals surface area contributed by atoms with Crippen molar-refractivity contribution in [2.75, 3.05) is 6.61 Å². The van der Waals surface area contributed by atoms with Crippen LogP contribution >= 0.6 is 0 Å². The van der Waals surface area contributed by atoms with Gasteiger partial charge in [-0.15, -0.1) is 0 Å². The average molecular weight is 201 g/mol. The highest BCUT2D eigenvalue weighted by molar-refractivity contribution is 6.04. The molecule has 15 heavy (non-hydrogen) atoms. The molecule has 0 saturated carbocycles. The third-order valence-corrected chi connectivity index (χ3v) is 2.94. The van der Waals surface area contributed by atoms with E-state index in [1.54, 1.807) is 12.5 Å². The normalized spacial score (nSPS) is 17.5. The summed E-state index contributed by atoms with van der Waals surface area (Å²) < 4.78 is 5.16. The Bertz CT molecular complexity index is 475. The van der Waals surface area contributed by atoms with Gasteiger partial charge in [-0.3, -0.25) is 4.99 Å². The van der Waals surface area contributed by atoms with Crippen molar-refractivity contribution in [1.82, 2.24) is 0 Å². The molecular weight excluding hydrogens is 190 g/mol. The molecule has 1 aromatic carbocycles. The number of rotatable bonds is 1. The maximum absolute atomic E-state index is 10.0. The molecule has 0 amide bonds. The summed E-state index contributed by atoms with van der Waals surface area (Å²) in [6.45, 7) is 0.433. The number of aliphatic imine (C=N–C) groups is 1. The molecule has 0 bridgehead atoms. The summed E-state index contributed by atoms with van der Waals surface area (Å²) in [4.78, 5) is 4.21. The summed E-state index contributed by atoms with van der Waals surface area (Å²) in [5.41, 5.74) is 3.93. The van der Waals surface area contributed by atoms with Crippen LogP contribution in [0.3, 0.4) is 0 Å². The van der Waals surface area contributed by atoms with Gasteiger partial charge in [-0.2, -0.15) is 0 Å². The Labute approximate surface area is 87.7 Å². The highest BCUT2D eigenvalue weighted by atomic mass is 16.5. The topological polar surface area (TPSA) is 41.8 Å². The standard InChI is InChI=1S/C12H11NO2/c14-12-9-3-1-8(9)2-4-10(12)11-7-15-6-5-13-11/h2,4-6,14H,1,3,7H2. The molecule has 0 saturated heterocycles. The minimum atomic E-state index is 0.386. The molecular formula is C12H11NO2. The van der Waals surface area contributed by atoms with Gasteiger partial charge in [-0.05, 0) is 30.0 Å². The predicted molar refractivity (Wildman–Crippen MR) is 57.1 cm³/mol. The lowest BCUT2D eigenvalue weighted by Gasteiger charge is -2.22. The van der Waals surface area contributed by atoms with Crippen molar-refractivity contribution in [2.45, 2.75) is 12.8 Å². The van der Waals surface area contributed by atoms with Gasteiger partial charge in [0, 0.05) is 5.56 Å². The number of phenols is 1. The number of phenolic OH excluding ortho intramolecular Hbond substituents is 1. The zero-order valence-electron chi connectivity index (χ0n) is 8.23. The van der Waals surface area contributed by atoms with Crippen LogP contribution in [0.15, 0.2) is 29.6 Å². The smallest absolute Gasteiger partial charge is 0.130 e.